The number of carbonyl (C=O) groups is 2. The van der Waals surface area contributed by atoms with Crippen LogP contribution in [0.25, 0.3) is 5.57 Å². The van der Waals surface area contributed by atoms with Gasteiger partial charge in [-0.15, -0.1) is 0 Å². The Kier molecular flexibility index (Phi) is 11.4. The lowest BCUT2D eigenvalue weighted by molar-refractivity contribution is -0.139. The van der Waals surface area contributed by atoms with E-state index in [1.165, 1.54) is 38.4 Å². The van der Waals surface area contributed by atoms with Gasteiger partial charge in [-0.1, -0.05) is 25.1 Å². The van der Waals surface area contributed by atoms with Crippen LogP contribution in [-0.2, 0) is 4.74 Å². The summed E-state index contributed by atoms with van der Waals surface area (Å²) in [4.78, 5) is 36.9. The number of aromatic hydroxyl groups is 1. The van der Waals surface area contributed by atoms with E-state index >= 15 is 0 Å². The second-order valence-corrected chi connectivity index (χ2v) is 8.73. The zero-order valence-corrected chi connectivity index (χ0v) is 22.2. The summed E-state index contributed by atoms with van der Waals surface area (Å²) < 4.78 is 51.9. The molecule has 11 heteroatoms. The number of carbonyl (C=O) groups excluding carboxylic acids is 2. The number of ether oxygens (including phenoxy) is 2. The largest absolute Gasteiger partial charge is 0.507 e. The number of alkyl carbamates (subject to hydrolysis) is 1. The Balaban J connectivity index is 2.16. The zero-order valence-electron chi connectivity index (χ0n) is 22.2. The second-order valence-electron chi connectivity index (χ2n) is 8.73. The summed E-state index contributed by atoms with van der Waals surface area (Å²) in [6, 6.07) is 7.41. The van der Waals surface area contributed by atoms with Crippen molar-refractivity contribution in [3.63, 3.8) is 0 Å². The number of methoxy groups -OCH3 is 1. The van der Waals surface area contributed by atoms with Crippen LogP contribution in [0, 0.1) is 0 Å². The Hall–Kier alpha value is -4.02. The van der Waals surface area contributed by atoms with Gasteiger partial charge in [0.25, 0.3) is 0 Å². The highest BCUT2D eigenvalue weighted by Crippen LogP contribution is 2.30. The number of allylic oxidation sites excluding steroid dienone is 3. The number of halogens is 3. The van der Waals surface area contributed by atoms with Gasteiger partial charge in [-0.3, -0.25) is 10.1 Å². The molecule has 0 aliphatic rings. The van der Waals surface area contributed by atoms with Crippen LogP contribution in [0.3, 0.4) is 0 Å². The topological polar surface area (TPSA) is 115 Å². The first-order chi connectivity index (χ1) is 18.4. The summed E-state index contributed by atoms with van der Waals surface area (Å²) >= 11 is 0. The molecule has 1 heterocycles. The Labute approximate surface area is 224 Å². The number of rotatable bonds is 12. The van der Waals surface area contributed by atoms with Gasteiger partial charge in [-0.05, 0) is 56.4 Å². The number of Topliss-reactive ketones (excluding diaryl/α,β-unsaturated/α-hetero) is 1. The first-order valence-corrected chi connectivity index (χ1v) is 12.3. The van der Waals surface area contributed by atoms with Gasteiger partial charge in [0.2, 0.25) is 0 Å². The SMILES string of the molecule is CCC(CC/C=C/NC(=O)OC)c1cc(O)c(C(=O)/C(C)=C(\C)c2ccc(OCCC(F)(F)F)cc2)c(=O)o1. The van der Waals surface area contributed by atoms with E-state index in [0.29, 0.717) is 30.4 Å². The van der Waals surface area contributed by atoms with Crippen molar-refractivity contribution >= 4 is 17.4 Å². The molecule has 2 aromatic rings. The lowest BCUT2D eigenvalue weighted by atomic mass is 9.94. The van der Waals surface area contributed by atoms with Gasteiger partial charge in [-0.2, -0.15) is 13.2 Å². The molecule has 1 aromatic heterocycles. The molecule has 2 N–H and O–H groups in total. The third kappa shape index (κ3) is 9.35. The van der Waals surface area contributed by atoms with Crippen LogP contribution < -0.4 is 15.7 Å². The lowest BCUT2D eigenvalue weighted by Crippen LogP contribution is -2.17. The number of ketones is 1. The maximum atomic E-state index is 13.1. The fraction of sp³-hybridized carbons (Fsp3) is 0.393. The molecule has 1 aromatic carbocycles. The first kappa shape index (κ1) is 31.2. The van der Waals surface area contributed by atoms with Crippen molar-refractivity contribution in [2.75, 3.05) is 13.7 Å². The Morgan fingerprint density at radius 1 is 1.18 bits per heavy atom. The number of benzene rings is 1. The van der Waals surface area contributed by atoms with Crippen molar-refractivity contribution in [1.82, 2.24) is 5.32 Å². The minimum atomic E-state index is -4.31. The third-order valence-electron chi connectivity index (χ3n) is 6.10. The van der Waals surface area contributed by atoms with Gasteiger partial charge in [0, 0.05) is 23.8 Å². The summed E-state index contributed by atoms with van der Waals surface area (Å²) in [7, 11) is 1.25. The molecule has 0 spiro atoms. The number of nitrogens with one attached hydrogen (secondary N) is 1. The summed E-state index contributed by atoms with van der Waals surface area (Å²) in [6.07, 6.45) is -1.13. The van der Waals surface area contributed by atoms with Crippen LogP contribution in [-0.4, -0.2) is 36.9 Å². The van der Waals surface area contributed by atoms with Crippen molar-refractivity contribution in [3.8, 4) is 11.5 Å². The highest BCUT2D eigenvalue weighted by atomic mass is 19.4. The van der Waals surface area contributed by atoms with Crippen LogP contribution in [0.5, 0.6) is 11.5 Å². The maximum Gasteiger partial charge on any atom is 0.410 e. The predicted molar refractivity (Wildman–Crippen MR) is 139 cm³/mol. The van der Waals surface area contributed by atoms with Crippen LogP contribution in [0.1, 0.15) is 74.1 Å². The summed E-state index contributed by atoms with van der Waals surface area (Å²) in [6.45, 7) is 4.53. The molecule has 0 bridgehead atoms. The molecular weight excluding hydrogens is 519 g/mol. The normalized spacial score (nSPS) is 13.1. The molecular formula is C28H32F3NO7. The van der Waals surface area contributed by atoms with Gasteiger partial charge in [0.05, 0.1) is 20.1 Å². The molecule has 2 rings (SSSR count). The van der Waals surface area contributed by atoms with Gasteiger partial charge in [0.15, 0.2) is 5.78 Å². The number of hydrogen-bond acceptors (Lipinski definition) is 7. The van der Waals surface area contributed by atoms with E-state index in [4.69, 9.17) is 9.15 Å². The summed E-state index contributed by atoms with van der Waals surface area (Å²) in [5.41, 5.74) is -0.170. The van der Waals surface area contributed by atoms with Crippen molar-refractivity contribution in [3.05, 3.63) is 75.5 Å². The molecule has 0 saturated carbocycles. The number of amides is 1. The first-order valence-electron chi connectivity index (χ1n) is 12.3. The fourth-order valence-corrected chi connectivity index (χ4v) is 3.68. The second kappa shape index (κ2) is 14.2. The molecule has 0 saturated heterocycles. The molecule has 0 aliphatic heterocycles. The zero-order chi connectivity index (χ0) is 29.2. The molecule has 0 radical (unpaired) electrons. The standard InChI is InChI=1S/C28H32F3NO7/c1-5-19(8-6-7-14-32-27(36)37-4)23-16-22(33)24(26(35)39-23)25(34)18(3)17(2)20-9-11-21(12-10-20)38-15-13-28(29,30)31/h7,9-12,14,16,19,33H,5-6,8,13,15H2,1-4H3,(H,32,36)/b14-7+,18-17+. The van der Waals surface area contributed by atoms with Crippen molar-refractivity contribution < 1.29 is 41.8 Å². The van der Waals surface area contributed by atoms with Gasteiger partial charge in [0.1, 0.15) is 22.8 Å². The molecule has 1 unspecified atom stereocenters. The van der Waals surface area contributed by atoms with E-state index in [0.717, 1.165) is 0 Å². The van der Waals surface area contributed by atoms with E-state index in [2.05, 4.69) is 10.1 Å². The van der Waals surface area contributed by atoms with E-state index in [-0.39, 0.29) is 23.0 Å². The van der Waals surface area contributed by atoms with Gasteiger partial charge < -0.3 is 19.0 Å². The minimum Gasteiger partial charge on any atom is -0.507 e. The smallest absolute Gasteiger partial charge is 0.410 e. The minimum absolute atomic E-state index is 0.186. The molecule has 1 atom stereocenters. The van der Waals surface area contributed by atoms with Gasteiger partial charge >= 0.3 is 17.9 Å². The molecule has 1 amide bonds. The fourth-order valence-electron chi connectivity index (χ4n) is 3.68. The third-order valence-corrected chi connectivity index (χ3v) is 6.10. The molecule has 212 valence electrons. The van der Waals surface area contributed by atoms with E-state index in [1.54, 1.807) is 25.1 Å². The van der Waals surface area contributed by atoms with Crippen LogP contribution in [0.2, 0.25) is 0 Å². The maximum absolute atomic E-state index is 13.1. The van der Waals surface area contributed by atoms with Gasteiger partial charge in [-0.25, -0.2) is 9.59 Å². The van der Waals surface area contributed by atoms with Crippen molar-refractivity contribution in [1.29, 1.82) is 0 Å². The van der Waals surface area contributed by atoms with Crippen LogP contribution in [0.4, 0.5) is 18.0 Å². The molecule has 0 aliphatic carbocycles. The van der Waals surface area contributed by atoms with Crippen molar-refractivity contribution in [2.24, 2.45) is 0 Å². The Bertz CT molecular complexity index is 1260. The predicted octanol–water partition coefficient (Wildman–Crippen LogP) is 6.50. The lowest BCUT2D eigenvalue weighted by Gasteiger charge is -2.14. The van der Waals surface area contributed by atoms with E-state index < -0.39 is 48.0 Å². The Morgan fingerprint density at radius 3 is 2.41 bits per heavy atom. The molecule has 8 nitrogen and oxygen atoms in total. The van der Waals surface area contributed by atoms with Crippen LogP contribution >= 0.6 is 0 Å². The number of hydrogen-bond donors (Lipinski definition) is 2. The molecule has 39 heavy (non-hydrogen) atoms. The van der Waals surface area contributed by atoms with E-state index in [9.17, 15) is 32.7 Å². The summed E-state index contributed by atoms with van der Waals surface area (Å²) in [5, 5.41) is 13.0. The quantitative estimate of drug-likeness (QED) is 0.229. The average molecular weight is 552 g/mol. The summed E-state index contributed by atoms with van der Waals surface area (Å²) in [5.74, 6) is -0.931. The van der Waals surface area contributed by atoms with Crippen molar-refractivity contribution in [2.45, 2.75) is 58.5 Å². The highest BCUT2D eigenvalue weighted by molar-refractivity contribution is 6.13. The molecule has 0 fully saturated rings. The Morgan fingerprint density at radius 2 is 1.85 bits per heavy atom. The van der Waals surface area contributed by atoms with Crippen LogP contribution in [0.15, 0.2) is 57.4 Å². The number of alkyl halides is 3. The monoisotopic (exact) mass is 551 g/mol. The average Bonchev–Trinajstić information content (AvgIpc) is 2.88. The van der Waals surface area contributed by atoms with E-state index in [1.807, 2.05) is 6.92 Å². The highest BCUT2D eigenvalue weighted by Gasteiger charge is 2.27.